The Morgan fingerprint density at radius 3 is 2.92 bits per heavy atom. The van der Waals surface area contributed by atoms with Crippen molar-refractivity contribution in [1.82, 2.24) is 4.90 Å². The zero-order valence-corrected chi connectivity index (χ0v) is 7.99. The van der Waals surface area contributed by atoms with E-state index in [9.17, 15) is 4.79 Å². The highest BCUT2D eigenvalue weighted by Gasteiger charge is 2.26. The molecule has 0 aliphatic carbocycles. The van der Waals surface area contributed by atoms with Gasteiger partial charge in [-0.15, -0.1) is 0 Å². The second-order valence-electron chi connectivity index (χ2n) is 3.63. The van der Waals surface area contributed by atoms with Gasteiger partial charge in [-0.2, -0.15) is 5.26 Å². The standard InChI is InChI=1S/C9H14N2O2/c1-7(2)6-11-4-3-8(5-10)13-9(11)12/h7-8H,3-4,6H2,1-2H3. The molecule has 13 heavy (non-hydrogen) atoms. The minimum Gasteiger partial charge on any atom is -0.431 e. The Kier molecular flexibility index (Phi) is 3.13. The first-order chi connectivity index (χ1) is 6.13. The maximum Gasteiger partial charge on any atom is 0.411 e. The molecular formula is C9H14N2O2. The molecule has 0 aromatic heterocycles. The molecule has 1 aliphatic rings. The van der Waals surface area contributed by atoms with Gasteiger partial charge in [0.1, 0.15) is 6.07 Å². The molecule has 0 spiro atoms. The fourth-order valence-corrected chi connectivity index (χ4v) is 1.32. The Hall–Kier alpha value is -1.24. The van der Waals surface area contributed by atoms with E-state index in [-0.39, 0.29) is 6.09 Å². The summed E-state index contributed by atoms with van der Waals surface area (Å²) in [6.07, 6.45) is -0.281. The summed E-state index contributed by atoms with van der Waals surface area (Å²) < 4.78 is 4.87. The molecule has 4 nitrogen and oxygen atoms in total. The molecule has 1 amide bonds. The van der Waals surface area contributed by atoms with Crippen molar-refractivity contribution < 1.29 is 9.53 Å². The molecule has 1 aliphatic heterocycles. The molecule has 1 fully saturated rings. The molecule has 0 N–H and O–H groups in total. The second-order valence-corrected chi connectivity index (χ2v) is 3.63. The number of carbonyl (C=O) groups excluding carboxylic acids is 1. The molecule has 0 radical (unpaired) electrons. The number of hydrogen-bond donors (Lipinski definition) is 0. The van der Waals surface area contributed by atoms with E-state index >= 15 is 0 Å². The summed E-state index contributed by atoms with van der Waals surface area (Å²) in [5.74, 6) is 0.436. The van der Waals surface area contributed by atoms with Crippen molar-refractivity contribution in [1.29, 1.82) is 5.26 Å². The molecule has 0 aromatic carbocycles. The van der Waals surface area contributed by atoms with Crippen molar-refractivity contribution in [2.45, 2.75) is 26.4 Å². The zero-order valence-electron chi connectivity index (χ0n) is 7.99. The lowest BCUT2D eigenvalue weighted by Gasteiger charge is -2.29. The molecule has 0 bridgehead atoms. The zero-order chi connectivity index (χ0) is 9.84. The van der Waals surface area contributed by atoms with Gasteiger partial charge in [0.25, 0.3) is 0 Å². The number of nitriles is 1. The average Bonchev–Trinajstić information content (AvgIpc) is 2.08. The van der Waals surface area contributed by atoms with Crippen LogP contribution < -0.4 is 0 Å². The Morgan fingerprint density at radius 1 is 1.77 bits per heavy atom. The van der Waals surface area contributed by atoms with E-state index in [1.165, 1.54) is 0 Å². The molecule has 0 aromatic rings. The van der Waals surface area contributed by atoms with E-state index in [0.717, 1.165) is 0 Å². The smallest absolute Gasteiger partial charge is 0.411 e. The Bertz CT molecular complexity index is 232. The third kappa shape index (κ3) is 2.62. The summed E-state index contributed by atoms with van der Waals surface area (Å²) in [4.78, 5) is 12.9. The third-order valence-electron chi connectivity index (χ3n) is 1.89. The van der Waals surface area contributed by atoms with Gasteiger partial charge in [0.2, 0.25) is 0 Å². The monoisotopic (exact) mass is 182 g/mol. The minimum absolute atomic E-state index is 0.355. The first kappa shape index (κ1) is 9.85. The van der Waals surface area contributed by atoms with Gasteiger partial charge in [0.15, 0.2) is 6.10 Å². The lowest BCUT2D eigenvalue weighted by molar-refractivity contribution is 0.0437. The van der Waals surface area contributed by atoms with E-state index < -0.39 is 6.10 Å². The number of carbonyl (C=O) groups is 1. The topological polar surface area (TPSA) is 53.3 Å². The SMILES string of the molecule is CC(C)CN1CCC(C#N)OC1=O. The quantitative estimate of drug-likeness (QED) is 0.648. The summed E-state index contributed by atoms with van der Waals surface area (Å²) in [6.45, 7) is 5.43. The van der Waals surface area contributed by atoms with Gasteiger partial charge < -0.3 is 9.64 Å². The Morgan fingerprint density at radius 2 is 2.46 bits per heavy atom. The summed E-state index contributed by atoms with van der Waals surface area (Å²) in [6, 6.07) is 1.94. The predicted octanol–water partition coefficient (Wildman–Crippen LogP) is 1.38. The Balaban J connectivity index is 2.45. The number of amides is 1. The van der Waals surface area contributed by atoms with E-state index in [4.69, 9.17) is 10.00 Å². The summed E-state index contributed by atoms with van der Waals surface area (Å²) in [5, 5.41) is 8.53. The maximum absolute atomic E-state index is 11.3. The van der Waals surface area contributed by atoms with Gasteiger partial charge in [0.05, 0.1) is 0 Å². The van der Waals surface area contributed by atoms with Crippen LogP contribution in [-0.4, -0.2) is 30.2 Å². The van der Waals surface area contributed by atoms with Gasteiger partial charge in [-0.05, 0) is 5.92 Å². The number of nitrogens with zero attached hydrogens (tertiary/aromatic N) is 2. The van der Waals surface area contributed by atoms with Crippen molar-refractivity contribution >= 4 is 6.09 Å². The molecule has 72 valence electrons. The lowest BCUT2D eigenvalue weighted by Crippen LogP contribution is -2.43. The van der Waals surface area contributed by atoms with Crippen molar-refractivity contribution in [2.24, 2.45) is 5.92 Å². The molecule has 4 heteroatoms. The van der Waals surface area contributed by atoms with E-state index in [2.05, 4.69) is 0 Å². The van der Waals surface area contributed by atoms with Crippen LogP contribution in [0.4, 0.5) is 4.79 Å². The van der Waals surface area contributed by atoms with Gasteiger partial charge in [-0.3, -0.25) is 0 Å². The van der Waals surface area contributed by atoms with Crippen LogP contribution in [0.2, 0.25) is 0 Å². The minimum atomic E-state index is -0.545. The maximum atomic E-state index is 11.3. The fraction of sp³-hybridized carbons (Fsp3) is 0.778. The molecule has 1 atom stereocenters. The first-order valence-corrected chi connectivity index (χ1v) is 4.48. The van der Waals surface area contributed by atoms with E-state index in [0.29, 0.717) is 25.4 Å². The molecule has 1 rings (SSSR count). The largest absolute Gasteiger partial charge is 0.431 e. The molecule has 0 saturated carbocycles. The molecule has 1 heterocycles. The van der Waals surface area contributed by atoms with Crippen LogP contribution in [0.15, 0.2) is 0 Å². The highest BCUT2D eigenvalue weighted by molar-refractivity contribution is 5.68. The number of hydrogen-bond acceptors (Lipinski definition) is 3. The van der Waals surface area contributed by atoms with Crippen LogP contribution in [0.5, 0.6) is 0 Å². The van der Waals surface area contributed by atoms with Crippen LogP contribution in [-0.2, 0) is 4.74 Å². The number of cyclic esters (lactones) is 1. The molecule has 1 unspecified atom stereocenters. The van der Waals surface area contributed by atoms with Crippen molar-refractivity contribution in [2.75, 3.05) is 13.1 Å². The summed E-state index contributed by atoms with van der Waals surface area (Å²) in [5.41, 5.74) is 0. The van der Waals surface area contributed by atoms with Crippen molar-refractivity contribution in [3.8, 4) is 6.07 Å². The van der Waals surface area contributed by atoms with Crippen LogP contribution >= 0.6 is 0 Å². The fourth-order valence-electron chi connectivity index (χ4n) is 1.32. The van der Waals surface area contributed by atoms with Gasteiger partial charge in [0, 0.05) is 19.5 Å². The number of rotatable bonds is 2. The van der Waals surface area contributed by atoms with Crippen molar-refractivity contribution in [3.05, 3.63) is 0 Å². The van der Waals surface area contributed by atoms with Gasteiger partial charge in [-0.25, -0.2) is 4.79 Å². The van der Waals surface area contributed by atoms with Crippen LogP contribution in [0.1, 0.15) is 20.3 Å². The lowest BCUT2D eigenvalue weighted by atomic mass is 10.2. The second kappa shape index (κ2) is 4.13. The molecular weight excluding hydrogens is 168 g/mol. The van der Waals surface area contributed by atoms with Gasteiger partial charge in [-0.1, -0.05) is 13.8 Å². The normalized spacial score (nSPS) is 22.8. The highest BCUT2D eigenvalue weighted by Crippen LogP contribution is 2.12. The van der Waals surface area contributed by atoms with Gasteiger partial charge >= 0.3 is 6.09 Å². The molecule has 1 saturated heterocycles. The average molecular weight is 182 g/mol. The van der Waals surface area contributed by atoms with Crippen LogP contribution in [0.3, 0.4) is 0 Å². The Labute approximate surface area is 78.1 Å². The predicted molar refractivity (Wildman–Crippen MR) is 46.9 cm³/mol. The number of ether oxygens (including phenoxy) is 1. The highest BCUT2D eigenvalue weighted by atomic mass is 16.6. The van der Waals surface area contributed by atoms with Crippen LogP contribution in [0.25, 0.3) is 0 Å². The van der Waals surface area contributed by atoms with Crippen molar-refractivity contribution in [3.63, 3.8) is 0 Å². The van der Waals surface area contributed by atoms with Crippen LogP contribution in [0, 0.1) is 17.2 Å². The van der Waals surface area contributed by atoms with E-state index in [1.807, 2.05) is 19.9 Å². The summed E-state index contributed by atoms with van der Waals surface area (Å²) in [7, 11) is 0. The van der Waals surface area contributed by atoms with E-state index in [1.54, 1.807) is 4.90 Å². The summed E-state index contributed by atoms with van der Waals surface area (Å²) >= 11 is 0. The third-order valence-corrected chi connectivity index (χ3v) is 1.89. The first-order valence-electron chi connectivity index (χ1n) is 4.48.